The Morgan fingerprint density at radius 1 is 1.53 bits per heavy atom. The average molecular weight is 264 g/mol. The zero-order valence-corrected chi connectivity index (χ0v) is 11.4. The Balaban J connectivity index is 1.96. The van der Waals surface area contributed by atoms with Crippen LogP contribution in [0.4, 0.5) is 11.6 Å². The lowest BCUT2D eigenvalue weighted by Crippen LogP contribution is -2.22. The second kappa shape index (κ2) is 5.86. The number of rotatable bonds is 5. The second-order valence-corrected chi connectivity index (χ2v) is 5.16. The number of aromatic nitrogens is 2. The van der Waals surface area contributed by atoms with Crippen LogP contribution in [0.1, 0.15) is 19.3 Å². The van der Waals surface area contributed by atoms with E-state index in [1.54, 1.807) is 6.33 Å². The molecule has 1 unspecified atom stereocenters. The molecule has 0 aliphatic carbocycles. The van der Waals surface area contributed by atoms with Crippen molar-refractivity contribution in [2.75, 3.05) is 37.0 Å². The number of hydrogen-bond acceptors (Lipinski definition) is 5. The van der Waals surface area contributed by atoms with Gasteiger partial charge in [0.15, 0.2) is 0 Å². The number of anilines is 2. The van der Waals surface area contributed by atoms with E-state index in [1.165, 1.54) is 0 Å². The molecule has 0 aromatic carbocycles. The Morgan fingerprint density at radius 2 is 2.32 bits per heavy atom. The van der Waals surface area contributed by atoms with E-state index in [9.17, 15) is 4.79 Å². The molecule has 1 saturated heterocycles. The fourth-order valence-corrected chi connectivity index (χ4v) is 2.36. The van der Waals surface area contributed by atoms with Crippen molar-refractivity contribution >= 4 is 17.6 Å². The first-order valence-electron chi connectivity index (χ1n) is 6.52. The molecule has 6 heteroatoms. The molecule has 6 nitrogen and oxygen atoms in total. The third-order valence-corrected chi connectivity index (χ3v) is 3.47. The number of carbonyl (C=O) groups is 1. The maximum Gasteiger partial charge on any atom is 0.303 e. The topological polar surface area (TPSA) is 69.6 Å². The van der Waals surface area contributed by atoms with Crippen LogP contribution in [-0.2, 0) is 4.79 Å². The highest BCUT2D eigenvalue weighted by Gasteiger charge is 2.24. The molecule has 1 atom stereocenters. The zero-order valence-electron chi connectivity index (χ0n) is 11.4. The van der Waals surface area contributed by atoms with Crippen molar-refractivity contribution in [2.24, 2.45) is 5.92 Å². The van der Waals surface area contributed by atoms with Gasteiger partial charge in [0, 0.05) is 39.7 Å². The van der Waals surface area contributed by atoms with E-state index in [4.69, 9.17) is 5.11 Å². The average Bonchev–Trinajstić information content (AvgIpc) is 2.85. The lowest BCUT2D eigenvalue weighted by Gasteiger charge is -2.19. The normalized spacial score (nSPS) is 18.6. The Morgan fingerprint density at radius 3 is 3.00 bits per heavy atom. The molecule has 1 aromatic rings. The first-order valence-corrected chi connectivity index (χ1v) is 6.52. The van der Waals surface area contributed by atoms with E-state index in [0.717, 1.165) is 37.6 Å². The van der Waals surface area contributed by atoms with Gasteiger partial charge < -0.3 is 14.9 Å². The van der Waals surface area contributed by atoms with Crippen molar-refractivity contribution in [1.82, 2.24) is 9.97 Å². The van der Waals surface area contributed by atoms with Crippen LogP contribution >= 0.6 is 0 Å². The SMILES string of the molecule is CN(C)c1cc(N2CCC(CCC(=O)O)C2)ncn1. The van der Waals surface area contributed by atoms with Crippen molar-refractivity contribution in [3.63, 3.8) is 0 Å². The van der Waals surface area contributed by atoms with Crippen LogP contribution in [0.2, 0.25) is 0 Å². The van der Waals surface area contributed by atoms with Gasteiger partial charge in [-0.1, -0.05) is 0 Å². The maximum atomic E-state index is 10.6. The van der Waals surface area contributed by atoms with Crippen LogP contribution in [0.3, 0.4) is 0 Å². The van der Waals surface area contributed by atoms with Gasteiger partial charge in [-0.15, -0.1) is 0 Å². The quantitative estimate of drug-likeness (QED) is 0.862. The Bertz CT molecular complexity index is 450. The van der Waals surface area contributed by atoms with E-state index in [-0.39, 0.29) is 6.42 Å². The highest BCUT2D eigenvalue weighted by Crippen LogP contribution is 2.26. The van der Waals surface area contributed by atoms with E-state index >= 15 is 0 Å². The van der Waals surface area contributed by atoms with Gasteiger partial charge in [-0.25, -0.2) is 9.97 Å². The molecular formula is C13H20N4O2. The molecule has 0 bridgehead atoms. The molecule has 104 valence electrons. The first-order chi connectivity index (χ1) is 9.06. The summed E-state index contributed by atoms with van der Waals surface area (Å²) in [6.45, 7) is 1.82. The van der Waals surface area contributed by atoms with Crippen molar-refractivity contribution in [3.8, 4) is 0 Å². The molecule has 0 radical (unpaired) electrons. The van der Waals surface area contributed by atoms with E-state index < -0.39 is 5.97 Å². The largest absolute Gasteiger partial charge is 0.481 e. The summed E-state index contributed by atoms with van der Waals surface area (Å²) >= 11 is 0. The van der Waals surface area contributed by atoms with E-state index in [1.807, 2.05) is 25.1 Å². The van der Waals surface area contributed by atoms with Gasteiger partial charge in [-0.2, -0.15) is 0 Å². The van der Waals surface area contributed by atoms with Gasteiger partial charge in [-0.05, 0) is 18.8 Å². The highest BCUT2D eigenvalue weighted by atomic mass is 16.4. The molecule has 19 heavy (non-hydrogen) atoms. The smallest absolute Gasteiger partial charge is 0.303 e. The molecule has 0 amide bonds. The minimum atomic E-state index is -0.713. The summed E-state index contributed by atoms with van der Waals surface area (Å²) in [6, 6.07) is 1.97. The summed E-state index contributed by atoms with van der Waals surface area (Å²) < 4.78 is 0. The van der Waals surface area contributed by atoms with Gasteiger partial charge in [0.25, 0.3) is 0 Å². The lowest BCUT2D eigenvalue weighted by molar-refractivity contribution is -0.137. The number of carboxylic acids is 1. The van der Waals surface area contributed by atoms with Gasteiger partial charge in [0.2, 0.25) is 0 Å². The van der Waals surface area contributed by atoms with Crippen LogP contribution in [-0.4, -0.2) is 48.2 Å². The predicted octanol–water partition coefficient (Wildman–Crippen LogP) is 1.23. The summed E-state index contributed by atoms with van der Waals surface area (Å²) in [4.78, 5) is 23.2. The summed E-state index contributed by atoms with van der Waals surface area (Å²) in [5.41, 5.74) is 0. The first kappa shape index (κ1) is 13.6. The van der Waals surface area contributed by atoms with E-state index in [2.05, 4.69) is 14.9 Å². The summed E-state index contributed by atoms with van der Waals surface area (Å²) in [6.07, 6.45) is 3.62. The fraction of sp³-hybridized carbons (Fsp3) is 0.615. The molecule has 1 fully saturated rings. The van der Waals surface area contributed by atoms with Crippen molar-refractivity contribution in [1.29, 1.82) is 0 Å². The zero-order chi connectivity index (χ0) is 13.8. The number of hydrogen-bond donors (Lipinski definition) is 1. The predicted molar refractivity (Wildman–Crippen MR) is 73.5 cm³/mol. The van der Waals surface area contributed by atoms with Gasteiger partial charge in [0.05, 0.1) is 0 Å². The molecule has 1 aliphatic heterocycles. The fourth-order valence-electron chi connectivity index (χ4n) is 2.36. The molecule has 1 aromatic heterocycles. The van der Waals surface area contributed by atoms with Crippen LogP contribution in [0.15, 0.2) is 12.4 Å². The molecule has 2 rings (SSSR count). The third kappa shape index (κ3) is 3.56. The van der Waals surface area contributed by atoms with Gasteiger partial charge in [0.1, 0.15) is 18.0 Å². The number of aliphatic carboxylic acids is 1. The Labute approximate surface area is 113 Å². The molecule has 1 aliphatic rings. The Hall–Kier alpha value is -1.85. The standard InChI is InChI=1S/C13H20N4O2/c1-16(2)11-7-12(15-9-14-11)17-6-5-10(8-17)3-4-13(18)19/h7,9-10H,3-6,8H2,1-2H3,(H,18,19). The maximum absolute atomic E-state index is 10.6. The minimum Gasteiger partial charge on any atom is -0.481 e. The van der Waals surface area contributed by atoms with Crippen molar-refractivity contribution in [2.45, 2.75) is 19.3 Å². The molecule has 1 N–H and O–H groups in total. The third-order valence-electron chi connectivity index (χ3n) is 3.47. The summed E-state index contributed by atoms with van der Waals surface area (Å²) in [5.74, 6) is 1.56. The van der Waals surface area contributed by atoms with E-state index in [0.29, 0.717) is 5.92 Å². The monoisotopic (exact) mass is 264 g/mol. The summed E-state index contributed by atoms with van der Waals surface area (Å²) in [7, 11) is 3.90. The van der Waals surface area contributed by atoms with Crippen LogP contribution < -0.4 is 9.80 Å². The van der Waals surface area contributed by atoms with Crippen LogP contribution in [0.25, 0.3) is 0 Å². The second-order valence-electron chi connectivity index (χ2n) is 5.16. The van der Waals surface area contributed by atoms with Gasteiger partial charge in [-0.3, -0.25) is 4.79 Å². The van der Waals surface area contributed by atoms with Crippen LogP contribution in [0, 0.1) is 5.92 Å². The summed E-state index contributed by atoms with van der Waals surface area (Å²) in [5, 5.41) is 8.71. The number of nitrogens with zero attached hydrogens (tertiary/aromatic N) is 4. The van der Waals surface area contributed by atoms with Crippen LogP contribution in [0.5, 0.6) is 0 Å². The Kier molecular flexibility index (Phi) is 4.19. The molecular weight excluding hydrogens is 244 g/mol. The molecule has 0 spiro atoms. The molecule has 0 saturated carbocycles. The van der Waals surface area contributed by atoms with Crippen molar-refractivity contribution < 1.29 is 9.90 Å². The highest BCUT2D eigenvalue weighted by molar-refractivity contribution is 5.66. The van der Waals surface area contributed by atoms with Gasteiger partial charge >= 0.3 is 5.97 Å². The lowest BCUT2D eigenvalue weighted by atomic mass is 10.0. The number of carboxylic acid groups (broad SMARTS) is 1. The molecule has 2 heterocycles. The minimum absolute atomic E-state index is 0.255. The van der Waals surface area contributed by atoms with Crippen molar-refractivity contribution in [3.05, 3.63) is 12.4 Å².